The summed E-state index contributed by atoms with van der Waals surface area (Å²) in [6.45, 7) is 9.10. The molecule has 0 saturated carbocycles. The van der Waals surface area contributed by atoms with Crippen molar-refractivity contribution in [2.45, 2.75) is 32.2 Å². The molecule has 41 heavy (non-hydrogen) atoms. The second-order valence-corrected chi connectivity index (χ2v) is 12.8. The zero-order valence-electron chi connectivity index (χ0n) is 23.7. The lowest BCUT2D eigenvalue weighted by molar-refractivity contribution is 0.101. The van der Waals surface area contributed by atoms with Gasteiger partial charge in [-0.2, -0.15) is 5.10 Å². The Labute approximate surface area is 239 Å². The fraction of sp³-hybridized carbons (Fsp3) is 0.379. The number of nitrogens with one attached hydrogen (secondary N) is 2. The summed E-state index contributed by atoms with van der Waals surface area (Å²) in [4.78, 5) is 27.2. The van der Waals surface area contributed by atoms with Crippen LogP contribution in [0, 0.1) is 0 Å². The fourth-order valence-electron chi connectivity index (χ4n) is 5.09. The summed E-state index contributed by atoms with van der Waals surface area (Å²) in [5, 5.41) is 10.8. The molecule has 216 valence electrons. The Bertz CT molecular complexity index is 1660. The highest BCUT2D eigenvalue weighted by atomic mass is 32.2. The van der Waals surface area contributed by atoms with Gasteiger partial charge in [0.05, 0.1) is 36.0 Å². The number of rotatable bonds is 9. The zero-order valence-corrected chi connectivity index (χ0v) is 24.5. The number of anilines is 1. The average molecular weight is 578 g/mol. The van der Waals surface area contributed by atoms with Gasteiger partial charge in [-0.15, -0.1) is 0 Å². The molecule has 1 aromatic carbocycles. The minimum Gasteiger partial charge on any atom is -0.481 e. The van der Waals surface area contributed by atoms with Gasteiger partial charge in [-0.3, -0.25) is 19.7 Å². The molecule has 1 saturated heterocycles. The molecule has 2 N–H and O–H groups in total. The first-order valence-electron chi connectivity index (χ1n) is 13.5. The second-order valence-electron chi connectivity index (χ2n) is 10.7. The lowest BCUT2D eigenvalue weighted by Gasteiger charge is -2.36. The average Bonchev–Trinajstić information content (AvgIpc) is 3.42. The number of amides is 1. The second kappa shape index (κ2) is 11.9. The number of H-pyrrole nitrogens is 1. The molecule has 11 nitrogen and oxygen atoms in total. The van der Waals surface area contributed by atoms with E-state index in [4.69, 9.17) is 4.74 Å². The Morgan fingerprint density at radius 3 is 2.59 bits per heavy atom. The van der Waals surface area contributed by atoms with Gasteiger partial charge in [-0.1, -0.05) is 6.07 Å². The Kier molecular flexibility index (Phi) is 8.34. The van der Waals surface area contributed by atoms with E-state index in [1.165, 1.54) is 13.4 Å². The van der Waals surface area contributed by atoms with Crippen molar-refractivity contribution >= 4 is 32.3 Å². The van der Waals surface area contributed by atoms with Crippen molar-refractivity contribution in [3.05, 3.63) is 65.7 Å². The maximum absolute atomic E-state index is 13.4. The lowest BCUT2D eigenvalue weighted by Crippen LogP contribution is -2.48. The highest BCUT2D eigenvalue weighted by molar-refractivity contribution is 7.89. The summed E-state index contributed by atoms with van der Waals surface area (Å²) < 4.78 is 29.2. The summed E-state index contributed by atoms with van der Waals surface area (Å²) in [6, 6.07) is 11.5. The molecule has 5 rings (SSSR count). The largest absolute Gasteiger partial charge is 0.481 e. The van der Waals surface area contributed by atoms with Gasteiger partial charge < -0.3 is 10.1 Å². The minimum atomic E-state index is -3.31. The quantitative estimate of drug-likeness (QED) is 0.307. The number of carbonyl (C=O) groups excluding carboxylic acids is 1. The van der Waals surface area contributed by atoms with Crippen molar-refractivity contribution in [1.82, 2.24) is 30.0 Å². The molecule has 4 heterocycles. The molecule has 1 aliphatic heterocycles. The molecule has 0 bridgehead atoms. The van der Waals surface area contributed by atoms with Gasteiger partial charge in [0.1, 0.15) is 5.69 Å². The van der Waals surface area contributed by atoms with Crippen molar-refractivity contribution < 1.29 is 17.9 Å². The summed E-state index contributed by atoms with van der Waals surface area (Å²) in [5.74, 6) is -0.285. The van der Waals surface area contributed by atoms with E-state index in [1.807, 2.05) is 24.3 Å². The third-order valence-electron chi connectivity index (χ3n) is 7.24. The maximum Gasteiger partial charge on any atom is 0.274 e. The number of aromatic amines is 1. The third kappa shape index (κ3) is 6.89. The topological polar surface area (TPSA) is 133 Å². The number of sulfone groups is 1. The van der Waals surface area contributed by atoms with Crippen LogP contribution in [-0.2, 0) is 22.1 Å². The van der Waals surface area contributed by atoms with E-state index in [2.05, 4.69) is 49.1 Å². The predicted molar refractivity (Wildman–Crippen MR) is 159 cm³/mol. The molecule has 1 aliphatic rings. The highest BCUT2D eigenvalue weighted by Gasteiger charge is 2.20. The van der Waals surface area contributed by atoms with E-state index in [9.17, 15) is 13.2 Å². The number of hydrogen-bond donors (Lipinski definition) is 2. The Morgan fingerprint density at radius 1 is 1.10 bits per heavy atom. The van der Waals surface area contributed by atoms with Crippen LogP contribution in [0.4, 0.5) is 5.69 Å². The SMILES string of the molecule is COc1ncc(-c2cc(NC(=O)c3cccc(CN4CCN(C(C)C)CC4)n3)c3cn[nH]c3c2)cc1CS(C)(=O)=O. The fourth-order valence-corrected chi connectivity index (χ4v) is 5.87. The minimum absolute atomic E-state index is 0.206. The number of hydrogen-bond acceptors (Lipinski definition) is 9. The molecular formula is C29H35N7O4S. The van der Waals surface area contributed by atoms with E-state index >= 15 is 0 Å². The van der Waals surface area contributed by atoms with Crippen LogP contribution in [0.15, 0.2) is 48.8 Å². The van der Waals surface area contributed by atoms with Crippen LogP contribution in [0.5, 0.6) is 5.88 Å². The summed E-state index contributed by atoms with van der Waals surface area (Å²) in [5.41, 5.74) is 4.29. The van der Waals surface area contributed by atoms with Gasteiger partial charge >= 0.3 is 0 Å². The van der Waals surface area contributed by atoms with Gasteiger partial charge in [0.15, 0.2) is 9.84 Å². The van der Waals surface area contributed by atoms with Crippen molar-refractivity contribution in [2.75, 3.05) is 44.9 Å². The summed E-state index contributed by atoms with van der Waals surface area (Å²) in [7, 11) is -1.86. The molecular weight excluding hydrogens is 542 g/mol. The van der Waals surface area contributed by atoms with E-state index in [0.29, 0.717) is 40.6 Å². The third-order valence-corrected chi connectivity index (χ3v) is 8.07. The molecule has 0 aliphatic carbocycles. The summed E-state index contributed by atoms with van der Waals surface area (Å²) >= 11 is 0. The highest BCUT2D eigenvalue weighted by Crippen LogP contribution is 2.32. The Balaban J connectivity index is 1.38. The van der Waals surface area contributed by atoms with Gasteiger partial charge in [0, 0.05) is 67.7 Å². The number of benzene rings is 1. The van der Waals surface area contributed by atoms with E-state index in [1.54, 1.807) is 24.5 Å². The van der Waals surface area contributed by atoms with Crippen LogP contribution in [0.3, 0.4) is 0 Å². The van der Waals surface area contributed by atoms with Gasteiger partial charge in [-0.25, -0.2) is 18.4 Å². The molecule has 4 aromatic rings. The number of carbonyl (C=O) groups is 1. The number of nitrogens with zero attached hydrogens (tertiary/aromatic N) is 5. The maximum atomic E-state index is 13.4. The molecule has 1 amide bonds. The first-order chi connectivity index (χ1) is 19.6. The monoisotopic (exact) mass is 577 g/mol. The van der Waals surface area contributed by atoms with Gasteiger partial charge in [-0.05, 0) is 49.7 Å². The first kappa shape index (κ1) is 28.7. The van der Waals surface area contributed by atoms with Gasteiger partial charge in [0.25, 0.3) is 5.91 Å². The van der Waals surface area contributed by atoms with Crippen molar-refractivity contribution in [2.24, 2.45) is 0 Å². The molecule has 3 aromatic heterocycles. The van der Waals surface area contributed by atoms with Gasteiger partial charge in [0.2, 0.25) is 5.88 Å². The number of piperazine rings is 1. The van der Waals surface area contributed by atoms with E-state index in [0.717, 1.165) is 42.8 Å². The lowest BCUT2D eigenvalue weighted by atomic mass is 10.0. The summed E-state index contributed by atoms with van der Waals surface area (Å²) in [6.07, 6.45) is 4.43. The Morgan fingerprint density at radius 2 is 1.88 bits per heavy atom. The molecule has 1 fully saturated rings. The standard InChI is InChI=1S/C29H35N7O4S/c1-19(2)36-10-8-35(9-11-36)17-23-6-5-7-25(32-23)28(37)33-26-13-20(14-27-24(26)16-31-34-27)21-12-22(18-41(4,38)39)29(40-3)30-15-21/h5-7,12-16,19H,8-11,17-18H2,1-4H3,(H,31,34)(H,33,37). The number of pyridine rings is 2. The van der Waals surface area contributed by atoms with Crippen LogP contribution in [0.1, 0.15) is 35.6 Å². The number of aromatic nitrogens is 4. The Hall–Kier alpha value is -3.87. The molecule has 0 unspecified atom stereocenters. The molecule has 0 atom stereocenters. The van der Waals surface area contributed by atoms with Crippen molar-refractivity contribution in [3.8, 4) is 17.0 Å². The van der Waals surface area contributed by atoms with Crippen LogP contribution >= 0.6 is 0 Å². The number of fused-ring (bicyclic) bond motifs is 1. The van der Waals surface area contributed by atoms with Crippen LogP contribution in [0.2, 0.25) is 0 Å². The normalized spacial score (nSPS) is 15.0. The zero-order chi connectivity index (χ0) is 29.1. The first-order valence-corrected chi connectivity index (χ1v) is 15.6. The van der Waals surface area contributed by atoms with Crippen LogP contribution in [-0.4, -0.2) is 89.9 Å². The van der Waals surface area contributed by atoms with Crippen LogP contribution in [0.25, 0.3) is 22.0 Å². The van der Waals surface area contributed by atoms with E-state index in [-0.39, 0.29) is 17.5 Å². The van der Waals surface area contributed by atoms with Crippen molar-refractivity contribution in [3.63, 3.8) is 0 Å². The molecule has 0 radical (unpaired) electrons. The number of ether oxygens (including phenoxy) is 1. The smallest absolute Gasteiger partial charge is 0.274 e. The molecule has 12 heteroatoms. The van der Waals surface area contributed by atoms with Crippen LogP contribution < -0.4 is 10.1 Å². The van der Waals surface area contributed by atoms with E-state index < -0.39 is 9.84 Å². The molecule has 0 spiro atoms. The predicted octanol–water partition coefficient (Wildman–Crippen LogP) is 3.35. The van der Waals surface area contributed by atoms with Crippen molar-refractivity contribution in [1.29, 1.82) is 0 Å². The number of methoxy groups -OCH3 is 1.